The molecule has 4 rings (SSSR count). The van der Waals surface area contributed by atoms with Gasteiger partial charge < -0.3 is 14.7 Å². The second-order valence-corrected chi connectivity index (χ2v) is 8.12. The molecule has 1 aliphatic heterocycles. The molecule has 1 aromatic heterocycles. The van der Waals surface area contributed by atoms with Gasteiger partial charge in [0.15, 0.2) is 5.69 Å². The average molecular weight is 420 g/mol. The Morgan fingerprint density at radius 2 is 1.93 bits per heavy atom. The molecule has 9 heteroatoms. The molecule has 0 radical (unpaired) electrons. The average Bonchev–Trinajstić information content (AvgIpc) is 3.31. The van der Waals surface area contributed by atoms with Crippen molar-refractivity contribution < 1.29 is 14.6 Å². The van der Waals surface area contributed by atoms with Gasteiger partial charge in [-0.05, 0) is 44.0 Å². The number of benzene rings is 1. The minimum Gasteiger partial charge on any atom is -0.389 e. The summed E-state index contributed by atoms with van der Waals surface area (Å²) < 4.78 is 7.03. The first-order valence-electron chi connectivity index (χ1n) is 9.92. The lowest BCUT2D eigenvalue weighted by molar-refractivity contribution is -0.0232. The first-order valence-corrected chi connectivity index (χ1v) is 10.3. The summed E-state index contributed by atoms with van der Waals surface area (Å²) in [7, 11) is 1.73. The van der Waals surface area contributed by atoms with Gasteiger partial charge in [0.25, 0.3) is 5.91 Å². The summed E-state index contributed by atoms with van der Waals surface area (Å²) in [6.45, 7) is 4.84. The Labute approximate surface area is 175 Å². The topological polar surface area (TPSA) is 83.7 Å². The lowest BCUT2D eigenvalue weighted by Gasteiger charge is -2.36. The summed E-state index contributed by atoms with van der Waals surface area (Å²) in [4.78, 5) is 17.0. The molecule has 0 unspecified atom stereocenters. The Morgan fingerprint density at radius 3 is 2.62 bits per heavy atom. The Balaban J connectivity index is 1.49. The lowest BCUT2D eigenvalue weighted by Crippen LogP contribution is -2.51. The summed E-state index contributed by atoms with van der Waals surface area (Å²) in [6.07, 6.45) is 1.03. The molecule has 8 nitrogen and oxygen atoms in total. The number of aliphatic hydroxyl groups excluding tert-OH is 1. The van der Waals surface area contributed by atoms with E-state index in [1.54, 1.807) is 28.8 Å². The van der Waals surface area contributed by atoms with Gasteiger partial charge in [0.2, 0.25) is 0 Å². The normalized spacial score (nSPS) is 25.3. The van der Waals surface area contributed by atoms with Crippen molar-refractivity contribution in [1.82, 2.24) is 24.8 Å². The first-order chi connectivity index (χ1) is 14.0. The molecule has 1 aromatic carbocycles. The van der Waals surface area contributed by atoms with Gasteiger partial charge in [-0.25, -0.2) is 4.68 Å². The Morgan fingerprint density at radius 1 is 1.24 bits per heavy atom. The highest BCUT2D eigenvalue weighted by Gasteiger charge is 2.42. The molecular formula is C20H26ClN5O3. The number of carbonyl (C=O) groups is 1. The number of hydrogen-bond donors (Lipinski definition) is 1. The second kappa shape index (κ2) is 8.39. The summed E-state index contributed by atoms with van der Waals surface area (Å²) in [5.74, 6) is -0.227. The molecule has 1 saturated heterocycles. The maximum absolute atomic E-state index is 13.1. The molecule has 2 heterocycles. The Hall–Kier alpha value is -2.00. The fourth-order valence-electron chi connectivity index (χ4n) is 4.34. The largest absolute Gasteiger partial charge is 0.389 e. The number of ether oxygens (including phenoxy) is 1. The van der Waals surface area contributed by atoms with Crippen molar-refractivity contribution in [1.29, 1.82) is 0 Å². The highest BCUT2D eigenvalue weighted by atomic mass is 35.5. The van der Waals surface area contributed by atoms with Crippen LogP contribution in [0.4, 0.5) is 0 Å². The van der Waals surface area contributed by atoms with E-state index in [0.717, 1.165) is 31.6 Å². The predicted molar refractivity (Wildman–Crippen MR) is 108 cm³/mol. The van der Waals surface area contributed by atoms with E-state index in [2.05, 4.69) is 15.2 Å². The highest BCUT2D eigenvalue weighted by molar-refractivity contribution is 6.30. The fourth-order valence-corrected chi connectivity index (χ4v) is 4.47. The van der Waals surface area contributed by atoms with Gasteiger partial charge in [-0.3, -0.25) is 9.69 Å². The Kier molecular flexibility index (Phi) is 5.87. The van der Waals surface area contributed by atoms with Crippen molar-refractivity contribution in [2.24, 2.45) is 0 Å². The zero-order valence-corrected chi connectivity index (χ0v) is 17.4. The van der Waals surface area contributed by atoms with Crippen LogP contribution in [0.1, 0.15) is 29.0 Å². The van der Waals surface area contributed by atoms with E-state index < -0.39 is 6.10 Å². The quantitative estimate of drug-likeness (QED) is 0.809. The van der Waals surface area contributed by atoms with Gasteiger partial charge in [0.05, 0.1) is 36.7 Å². The van der Waals surface area contributed by atoms with Gasteiger partial charge >= 0.3 is 0 Å². The van der Waals surface area contributed by atoms with E-state index in [1.807, 2.05) is 19.1 Å². The molecule has 0 spiro atoms. The summed E-state index contributed by atoms with van der Waals surface area (Å²) in [5, 5.41) is 19.8. The molecule has 1 saturated carbocycles. The molecule has 0 bridgehead atoms. The van der Waals surface area contributed by atoms with E-state index in [9.17, 15) is 9.90 Å². The summed E-state index contributed by atoms with van der Waals surface area (Å²) >= 11 is 5.95. The van der Waals surface area contributed by atoms with Crippen molar-refractivity contribution in [2.75, 3.05) is 33.4 Å². The number of halogens is 1. The number of carbonyl (C=O) groups excluding carboxylic acids is 1. The van der Waals surface area contributed by atoms with Crippen molar-refractivity contribution in [2.45, 2.75) is 38.0 Å². The number of nitrogens with zero attached hydrogens (tertiary/aromatic N) is 5. The van der Waals surface area contributed by atoms with E-state index in [-0.39, 0.29) is 18.0 Å². The number of amides is 1. The van der Waals surface area contributed by atoms with E-state index in [0.29, 0.717) is 29.6 Å². The molecule has 2 aromatic rings. The molecule has 1 N–H and O–H groups in total. The standard InChI is InChI=1S/C20H26ClN5O3/c1-13-18(22-23-26(13)15-5-3-14(21)4-6-15)20(28)24(2)16-7-8-17(19(16)27)25-9-11-29-12-10-25/h3-6,16-17,19,27H,7-12H2,1-2H3/t16-,17-,19-/m1/s1. The number of morpholine rings is 1. The van der Waals surface area contributed by atoms with Gasteiger partial charge in [0.1, 0.15) is 0 Å². The molecule has 29 heavy (non-hydrogen) atoms. The van der Waals surface area contributed by atoms with Crippen molar-refractivity contribution in [3.63, 3.8) is 0 Å². The zero-order chi connectivity index (χ0) is 20.5. The zero-order valence-electron chi connectivity index (χ0n) is 16.7. The van der Waals surface area contributed by atoms with Gasteiger partial charge in [-0.2, -0.15) is 0 Å². The maximum Gasteiger partial charge on any atom is 0.276 e. The molecule has 1 amide bonds. The number of likely N-dealkylation sites (N-methyl/N-ethyl adjacent to an activating group) is 1. The van der Waals surface area contributed by atoms with Crippen molar-refractivity contribution in [3.05, 3.63) is 40.7 Å². The first kappa shape index (κ1) is 20.3. The van der Waals surface area contributed by atoms with E-state index in [1.165, 1.54) is 0 Å². The fraction of sp³-hybridized carbons (Fsp3) is 0.550. The smallest absolute Gasteiger partial charge is 0.276 e. The Bertz CT molecular complexity index is 866. The van der Waals surface area contributed by atoms with E-state index >= 15 is 0 Å². The maximum atomic E-state index is 13.1. The number of rotatable bonds is 4. The molecule has 3 atom stereocenters. The van der Waals surface area contributed by atoms with Crippen LogP contribution in [0.5, 0.6) is 0 Å². The van der Waals surface area contributed by atoms with E-state index in [4.69, 9.17) is 16.3 Å². The SMILES string of the molecule is Cc1c(C(=O)N(C)[C@@H]2CC[C@@H](N3CCOCC3)[C@@H]2O)nnn1-c1ccc(Cl)cc1. The van der Waals surface area contributed by atoms with Crippen LogP contribution >= 0.6 is 11.6 Å². The number of aromatic nitrogens is 3. The van der Waals surface area contributed by atoms with Crippen LogP contribution in [0.3, 0.4) is 0 Å². The molecule has 2 aliphatic rings. The van der Waals surface area contributed by atoms with Crippen molar-refractivity contribution in [3.8, 4) is 5.69 Å². The molecule has 156 valence electrons. The minimum atomic E-state index is -0.589. The molecular weight excluding hydrogens is 394 g/mol. The third-order valence-electron chi connectivity index (χ3n) is 6.05. The lowest BCUT2D eigenvalue weighted by atomic mass is 10.1. The molecule has 1 aliphatic carbocycles. The third kappa shape index (κ3) is 3.90. The summed E-state index contributed by atoms with van der Waals surface area (Å²) in [6, 6.07) is 7.02. The van der Waals surface area contributed by atoms with Crippen LogP contribution in [0.2, 0.25) is 5.02 Å². The van der Waals surface area contributed by atoms with Crippen LogP contribution in [-0.2, 0) is 4.74 Å². The monoisotopic (exact) mass is 419 g/mol. The van der Waals surface area contributed by atoms with Crippen LogP contribution in [0.15, 0.2) is 24.3 Å². The number of aliphatic hydroxyl groups is 1. The van der Waals surface area contributed by atoms with Gasteiger partial charge in [-0.15, -0.1) is 5.10 Å². The van der Waals surface area contributed by atoms with Crippen LogP contribution in [0.25, 0.3) is 5.69 Å². The van der Waals surface area contributed by atoms with Crippen LogP contribution in [-0.4, -0.2) is 87.3 Å². The predicted octanol–water partition coefficient (Wildman–Crippen LogP) is 1.53. The number of hydrogen-bond acceptors (Lipinski definition) is 6. The second-order valence-electron chi connectivity index (χ2n) is 7.68. The van der Waals surface area contributed by atoms with Gasteiger partial charge in [-0.1, -0.05) is 16.8 Å². The molecule has 2 fully saturated rings. The minimum absolute atomic E-state index is 0.0602. The third-order valence-corrected chi connectivity index (χ3v) is 6.30. The summed E-state index contributed by atoms with van der Waals surface area (Å²) in [5.41, 5.74) is 1.74. The van der Waals surface area contributed by atoms with Crippen LogP contribution < -0.4 is 0 Å². The van der Waals surface area contributed by atoms with Gasteiger partial charge in [0, 0.05) is 31.2 Å². The van der Waals surface area contributed by atoms with Crippen LogP contribution in [0, 0.1) is 6.92 Å². The highest BCUT2D eigenvalue weighted by Crippen LogP contribution is 2.29. The van der Waals surface area contributed by atoms with Crippen molar-refractivity contribution >= 4 is 17.5 Å².